The molecule has 7 nitrogen and oxygen atoms in total. The lowest BCUT2D eigenvalue weighted by atomic mass is 10.0. The smallest absolute Gasteiger partial charge is 0.264 e. The van der Waals surface area contributed by atoms with Gasteiger partial charge in [-0.2, -0.15) is 0 Å². The summed E-state index contributed by atoms with van der Waals surface area (Å²) < 4.78 is 42.7. The standard InChI is InChI=1S/C34H34Cl2FN3O4S/c1-3-24(2)38-34(42)32(21-25-11-6-4-7-12-25)39(22-29-30(35)15-10-16-31(29)36)33(41)23-40(27-19-17-26(37)18-20-27)45(43,44)28-13-8-5-9-14-28/h4-20,24,32H,3,21-23H2,1-2H3,(H,38,42)/t24-,32+/m0/s1. The van der Waals surface area contributed by atoms with Crippen LogP contribution in [0.15, 0.2) is 108 Å². The number of halogens is 3. The molecule has 0 saturated heterocycles. The first-order valence-electron chi connectivity index (χ1n) is 14.4. The molecule has 2 amide bonds. The van der Waals surface area contributed by atoms with E-state index in [1.54, 1.807) is 36.4 Å². The fraction of sp³-hybridized carbons (Fsp3) is 0.235. The zero-order chi connectivity index (χ0) is 32.6. The monoisotopic (exact) mass is 669 g/mol. The number of carbonyl (C=O) groups excluding carboxylic acids is 2. The summed E-state index contributed by atoms with van der Waals surface area (Å²) in [5, 5.41) is 3.55. The lowest BCUT2D eigenvalue weighted by Gasteiger charge is -2.34. The summed E-state index contributed by atoms with van der Waals surface area (Å²) in [6.45, 7) is 2.92. The summed E-state index contributed by atoms with van der Waals surface area (Å²) in [5.74, 6) is -1.67. The minimum Gasteiger partial charge on any atom is -0.352 e. The van der Waals surface area contributed by atoms with Gasteiger partial charge in [0.2, 0.25) is 11.8 Å². The highest BCUT2D eigenvalue weighted by molar-refractivity contribution is 7.92. The molecule has 1 N–H and O–H groups in total. The summed E-state index contributed by atoms with van der Waals surface area (Å²) in [6, 6.07) is 25.3. The maximum absolute atomic E-state index is 14.5. The van der Waals surface area contributed by atoms with E-state index in [1.165, 1.54) is 29.2 Å². The number of anilines is 1. The van der Waals surface area contributed by atoms with Gasteiger partial charge in [-0.3, -0.25) is 13.9 Å². The van der Waals surface area contributed by atoms with E-state index in [0.717, 1.165) is 22.0 Å². The Morgan fingerprint density at radius 2 is 1.42 bits per heavy atom. The normalized spacial score (nSPS) is 12.6. The molecule has 2 atom stereocenters. The zero-order valence-electron chi connectivity index (χ0n) is 24.9. The third kappa shape index (κ3) is 8.63. The molecule has 0 aromatic heterocycles. The second-order valence-corrected chi connectivity index (χ2v) is 13.2. The Balaban J connectivity index is 1.83. The van der Waals surface area contributed by atoms with Gasteiger partial charge in [-0.15, -0.1) is 0 Å². The molecule has 0 unspecified atom stereocenters. The van der Waals surface area contributed by atoms with E-state index in [9.17, 15) is 22.4 Å². The molecule has 4 aromatic carbocycles. The Kier molecular flexibility index (Phi) is 11.6. The van der Waals surface area contributed by atoms with Crippen molar-refractivity contribution in [2.75, 3.05) is 10.8 Å². The van der Waals surface area contributed by atoms with Gasteiger partial charge < -0.3 is 10.2 Å². The van der Waals surface area contributed by atoms with Gasteiger partial charge in [-0.05, 0) is 67.4 Å². The van der Waals surface area contributed by atoms with Crippen molar-refractivity contribution in [1.29, 1.82) is 0 Å². The van der Waals surface area contributed by atoms with Crippen LogP contribution in [0.3, 0.4) is 0 Å². The maximum Gasteiger partial charge on any atom is 0.264 e. The van der Waals surface area contributed by atoms with Crippen LogP contribution >= 0.6 is 23.2 Å². The second kappa shape index (κ2) is 15.4. The highest BCUT2D eigenvalue weighted by atomic mass is 35.5. The SMILES string of the molecule is CC[C@H](C)NC(=O)[C@@H](Cc1ccccc1)N(Cc1c(Cl)cccc1Cl)C(=O)CN(c1ccc(F)cc1)S(=O)(=O)c1ccccc1. The predicted octanol–water partition coefficient (Wildman–Crippen LogP) is 6.88. The summed E-state index contributed by atoms with van der Waals surface area (Å²) in [4.78, 5) is 29.6. The summed E-state index contributed by atoms with van der Waals surface area (Å²) in [7, 11) is -4.30. The highest BCUT2D eigenvalue weighted by Crippen LogP contribution is 2.29. The van der Waals surface area contributed by atoms with Crippen LogP contribution in [-0.2, 0) is 32.6 Å². The molecule has 0 spiro atoms. The molecule has 0 heterocycles. The van der Waals surface area contributed by atoms with Crippen LogP contribution in [-0.4, -0.2) is 43.8 Å². The van der Waals surface area contributed by atoms with E-state index in [4.69, 9.17) is 23.2 Å². The van der Waals surface area contributed by atoms with Gasteiger partial charge in [-0.25, -0.2) is 12.8 Å². The van der Waals surface area contributed by atoms with Crippen molar-refractivity contribution in [3.8, 4) is 0 Å². The molecule has 0 fully saturated rings. The maximum atomic E-state index is 14.5. The number of sulfonamides is 1. The molecule has 236 valence electrons. The minimum atomic E-state index is -4.30. The molecule has 4 aromatic rings. The number of hydrogen-bond donors (Lipinski definition) is 1. The van der Waals surface area contributed by atoms with Gasteiger partial charge in [0.05, 0.1) is 10.6 Å². The average Bonchev–Trinajstić information content (AvgIpc) is 3.04. The van der Waals surface area contributed by atoms with Crippen LogP contribution in [0.2, 0.25) is 10.0 Å². The molecule has 0 aliphatic heterocycles. The molecule has 11 heteroatoms. The van der Waals surface area contributed by atoms with Crippen LogP contribution < -0.4 is 9.62 Å². The molecule has 0 aliphatic rings. The van der Waals surface area contributed by atoms with Crippen LogP contribution in [0.25, 0.3) is 0 Å². The molecule has 0 bridgehead atoms. The number of amides is 2. The lowest BCUT2D eigenvalue weighted by molar-refractivity contribution is -0.140. The largest absolute Gasteiger partial charge is 0.352 e. The summed E-state index contributed by atoms with van der Waals surface area (Å²) in [6.07, 6.45) is 0.792. The van der Waals surface area contributed by atoms with E-state index >= 15 is 0 Å². The van der Waals surface area contributed by atoms with Crippen molar-refractivity contribution in [2.45, 2.75) is 50.2 Å². The van der Waals surface area contributed by atoms with E-state index in [0.29, 0.717) is 12.0 Å². The number of carbonyl (C=O) groups is 2. The number of hydrogen-bond acceptors (Lipinski definition) is 4. The Morgan fingerprint density at radius 1 is 0.844 bits per heavy atom. The molecule has 4 rings (SSSR count). The van der Waals surface area contributed by atoms with Crippen LogP contribution in [0.1, 0.15) is 31.4 Å². The van der Waals surface area contributed by atoms with Crippen molar-refractivity contribution >= 4 is 50.7 Å². The van der Waals surface area contributed by atoms with Gasteiger partial charge in [0.25, 0.3) is 10.0 Å². The molecule has 0 radical (unpaired) electrons. The van der Waals surface area contributed by atoms with Crippen molar-refractivity contribution in [3.63, 3.8) is 0 Å². The van der Waals surface area contributed by atoms with E-state index in [2.05, 4.69) is 5.32 Å². The first-order valence-corrected chi connectivity index (χ1v) is 16.6. The number of nitrogens with zero attached hydrogens (tertiary/aromatic N) is 2. The van der Waals surface area contributed by atoms with Gasteiger partial charge in [-0.1, -0.05) is 84.7 Å². The van der Waals surface area contributed by atoms with Crippen molar-refractivity contribution in [2.24, 2.45) is 0 Å². The van der Waals surface area contributed by atoms with E-state index in [-0.39, 0.29) is 39.6 Å². The van der Waals surface area contributed by atoms with E-state index in [1.807, 2.05) is 44.2 Å². The average molecular weight is 671 g/mol. The Morgan fingerprint density at radius 3 is 2.00 bits per heavy atom. The van der Waals surface area contributed by atoms with Crippen molar-refractivity contribution in [3.05, 3.63) is 130 Å². The van der Waals surface area contributed by atoms with Gasteiger partial charge in [0.1, 0.15) is 18.4 Å². The Bertz CT molecular complexity index is 1690. The summed E-state index contributed by atoms with van der Waals surface area (Å²) >= 11 is 13.1. The van der Waals surface area contributed by atoms with Gasteiger partial charge in [0.15, 0.2) is 0 Å². The first kappa shape index (κ1) is 34.0. The first-order chi connectivity index (χ1) is 21.5. The van der Waals surface area contributed by atoms with E-state index < -0.39 is 40.2 Å². The van der Waals surface area contributed by atoms with Crippen LogP contribution in [0, 0.1) is 5.82 Å². The van der Waals surface area contributed by atoms with Crippen molar-refractivity contribution in [1.82, 2.24) is 10.2 Å². The minimum absolute atomic E-state index is 0.0572. The number of nitrogens with one attached hydrogen (secondary N) is 1. The predicted molar refractivity (Wildman–Crippen MR) is 176 cm³/mol. The molecule has 0 saturated carbocycles. The Hall–Kier alpha value is -3.92. The summed E-state index contributed by atoms with van der Waals surface area (Å²) in [5.41, 5.74) is 1.27. The fourth-order valence-corrected chi connectivity index (χ4v) is 6.66. The third-order valence-corrected chi connectivity index (χ3v) is 9.88. The highest BCUT2D eigenvalue weighted by Gasteiger charge is 2.35. The lowest BCUT2D eigenvalue weighted by Crippen LogP contribution is -2.54. The number of benzene rings is 4. The van der Waals surface area contributed by atoms with Gasteiger partial charge >= 0.3 is 0 Å². The quantitative estimate of drug-likeness (QED) is 0.168. The molecular formula is C34H34Cl2FN3O4S. The van der Waals surface area contributed by atoms with Crippen LogP contribution in [0.5, 0.6) is 0 Å². The van der Waals surface area contributed by atoms with Gasteiger partial charge in [0, 0.05) is 34.6 Å². The fourth-order valence-electron chi connectivity index (χ4n) is 4.70. The molecule has 0 aliphatic carbocycles. The molecule has 45 heavy (non-hydrogen) atoms. The van der Waals surface area contributed by atoms with Crippen molar-refractivity contribution < 1.29 is 22.4 Å². The second-order valence-electron chi connectivity index (χ2n) is 10.5. The topological polar surface area (TPSA) is 86.8 Å². The third-order valence-electron chi connectivity index (χ3n) is 7.39. The number of rotatable bonds is 13. The Labute approximate surface area is 273 Å². The van der Waals surface area contributed by atoms with Crippen LogP contribution in [0.4, 0.5) is 10.1 Å². The molecular weight excluding hydrogens is 636 g/mol. The zero-order valence-corrected chi connectivity index (χ0v) is 27.2.